The minimum Gasteiger partial charge on any atom is -0.478 e. The first-order chi connectivity index (χ1) is 10.1. The van der Waals surface area contributed by atoms with Crippen molar-refractivity contribution in [1.29, 1.82) is 0 Å². The number of hydrogen-bond acceptors (Lipinski definition) is 4. The summed E-state index contributed by atoms with van der Waals surface area (Å²) in [5.41, 5.74) is 1.78. The predicted octanol–water partition coefficient (Wildman–Crippen LogP) is 2.18. The van der Waals surface area contributed by atoms with E-state index in [0.29, 0.717) is 17.9 Å². The van der Waals surface area contributed by atoms with Crippen LogP contribution >= 0.6 is 0 Å². The topological polar surface area (TPSA) is 88.5 Å². The molecule has 0 saturated carbocycles. The molecule has 0 radical (unpaired) electrons. The maximum Gasteiger partial charge on any atom is 0.337 e. The fraction of sp³-hybridized carbons (Fsp3) is 0.133. The van der Waals surface area contributed by atoms with Crippen molar-refractivity contribution < 1.29 is 19.4 Å². The second kappa shape index (κ2) is 6.62. The maximum absolute atomic E-state index is 12.0. The van der Waals surface area contributed by atoms with Gasteiger partial charge in [-0.05, 0) is 23.8 Å². The van der Waals surface area contributed by atoms with Crippen molar-refractivity contribution in [2.75, 3.05) is 12.4 Å². The normalized spacial score (nSPS) is 10.1. The first-order valence-corrected chi connectivity index (χ1v) is 6.17. The summed E-state index contributed by atoms with van der Waals surface area (Å²) in [6.45, 7) is 0.479. The molecule has 0 aliphatic rings. The molecule has 1 aromatic heterocycles. The number of aromatic carboxylic acids is 1. The highest BCUT2D eigenvalue weighted by atomic mass is 16.5. The van der Waals surface area contributed by atoms with E-state index in [2.05, 4.69) is 10.3 Å². The summed E-state index contributed by atoms with van der Waals surface area (Å²) in [6, 6.07) is 8.30. The van der Waals surface area contributed by atoms with Gasteiger partial charge in [-0.25, -0.2) is 4.79 Å². The van der Waals surface area contributed by atoms with Crippen LogP contribution in [0.25, 0.3) is 0 Å². The molecule has 0 spiro atoms. The van der Waals surface area contributed by atoms with E-state index >= 15 is 0 Å². The number of carbonyl (C=O) groups is 2. The quantitative estimate of drug-likeness (QED) is 0.879. The number of pyridine rings is 1. The van der Waals surface area contributed by atoms with Gasteiger partial charge < -0.3 is 15.2 Å². The number of methoxy groups -OCH3 is 1. The summed E-state index contributed by atoms with van der Waals surface area (Å²) >= 11 is 0. The molecule has 0 unspecified atom stereocenters. The zero-order chi connectivity index (χ0) is 15.2. The molecule has 0 bridgehead atoms. The zero-order valence-electron chi connectivity index (χ0n) is 11.4. The van der Waals surface area contributed by atoms with E-state index in [4.69, 9.17) is 9.84 Å². The Kier molecular flexibility index (Phi) is 4.63. The Morgan fingerprint density at radius 1 is 1.19 bits per heavy atom. The number of nitrogens with one attached hydrogen (secondary N) is 1. The average Bonchev–Trinajstić information content (AvgIpc) is 2.48. The summed E-state index contributed by atoms with van der Waals surface area (Å²) in [7, 11) is 1.60. The van der Waals surface area contributed by atoms with Crippen LogP contribution in [0.4, 0.5) is 5.69 Å². The highest BCUT2D eigenvalue weighted by Crippen LogP contribution is 2.12. The maximum atomic E-state index is 12.0. The number of amides is 1. The van der Waals surface area contributed by atoms with Crippen molar-refractivity contribution in [2.45, 2.75) is 6.61 Å². The van der Waals surface area contributed by atoms with Crippen LogP contribution in [0, 0.1) is 0 Å². The average molecular weight is 286 g/mol. The number of benzene rings is 1. The molecule has 1 amide bonds. The molecule has 0 atom stereocenters. The Balaban J connectivity index is 2.10. The van der Waals surface area contributed by atoms with E-state index in [0.717, 1.165) is 5.56 Å². The number of rotatable bonds is 5. The van der Waals surface area contributed by atoms with Crippen LogP contribution in [0.1, 0.15) is 26.3 Å². The smallest absolute Gasteiger partial charge is 0.337 e. The molecule has 1 heterocycles. The number of nitrogens with zero attached hydrogens (tertiary/aromatic N) is 1. The van der Waals surface area contributed by atoms with Crippen LogP contribution in [0.2, 0.25) is 0 Å². The van der Waals surface area contributed by atoms with Gasteiger partial charge in [0.15, 0.2) is 0 Å². The third-order valence-electron chi connectivity index (χ3n) is 2.77. The van der Waals surface area contributed by atoms with E-state index in [1.54, 1.807) is 31.4 Å². The van der Waals surface area contributed by atoms with Crippen LogP contribution < -0.4 is 5.32 Å². The molecule has 108 valence electrons. The van der Waals surface area contributed by atoms with Crippen molar-refractivity contribution in [2.24, 2.45) is 0 Å². The van der Waals surface area contributed by atoms with E-state index in [1.807, 2.05) is 0 Å². The first kappa shape index (κ1) is 14.7. The van der Waals surface area contributed by atoms with Crippen LogP contribution in [-0.4, -0.2) is 29.1 Å². The van der Waals surface area contributed by atoms with Crippen molar-refractivity contribution in [3.05, 3.63) is 59.4 Å². The number of hydrogen-bond donors (Lipinski definition) is 2. The molecular weight excluding hydrogens is 272 g/mol. The van der Waals surface area contributed by atoms with E-state index in [9.17, 15) is 9.59 Å². The summed E-state index contributed by atoms with van der Waals surface area (Å²) in [5.74, 6) is -1.43. The van der Waals surface area contributed by atoms with Gasteiger partial charge in [-0.3, -0.25) is 9.78 Å². The van der Waals surface area contributed by atoms with Gasteiger partial charge in [0, 0.05) is 18.9 Å². The monoisotopic (exact) mass is 286 g/mol. The molecule has 0 aliphatic carbocycles. The Hall–Kier alpha value is -2.73. The van der Waals surface area contributed by atoms with Gasteiger partial charge in [-0.1, -0.05) is 12.1 Å². The second-order valence-electron chi connectivity index (χ2n) is 4.35. The Morgan fingerprint density at radius 3 is 2.52 bits per heavy atom. The molecule has 0 aliphatic heterocycles. The molecule has 2 aromatic rings. The molecule has 0 saturated heterocycles. The first-order valence-electron chi connectivity index (χ1n) is 6.17. The van der Waals surface area contributed by atoms with Gasteiger partial charge in [0.05, 0.1) is 24.1 Å². The Morgan fingerprint density at radius 2 is 1.90 bits per heavy atom. The Labute approximate surface area is 121 Å². The second-order valence-corrected chi connectivity index (χ2v) is 4.35. The number of carboxylic acids is 1. The number of carbonyl (C=O) groups excluding carboxylic acids is 1. The minimum atomic E-state index is -1.09. The lowest BCUT2D eigenvalue weighted by Gasteiger charge is -2.06. The number of aromatic nitrogens is 1. The third-order valence-corrected chi connectivity index (χ3v) is 2.77. The van der Waals surface area contributed by atoms with Gasteiger partial charge >= 0.3 is 5.97 Å². The van der Waals surface area contributed by atoms with Crippen molar-refractivity contribution in [3.63, 3.8) is 0 Å². The molecule has 6 nitrogen and oxygen atoms in total. The fourth-order valence-corrected chi connectivity index (χ4v) is 1.75. The van der Waals surface area contributed by atoms with Crippen LogP contribution in [0.15, 0.2) is 42.7 Å². The fourth-order valence-electron chi connectivity index (χ4n) is 1.75. The van der Waals surface area contributed by atoms with Gasteiger partial charge in [0.2, 0.25) is 0 Å². The molecule has 2 rings (SSSR count). The summed E-state index contributed by atoms with van der Waals surface area (Å²) in [6.07, 6.45) is 2.61. The van der Waals surface area contributed by atoms with Gasteiger partial charge in [-0.15, -0.1) is 0 Å². The molecule has 21 heavy (non-hydrogen) atoms. The lowest BCUT2D eigenvalue weighted by Crippen LogP contribution is -2.12. The SMILES string of the molecule is COCc1ccc(C(=O)Nc2cncc(C(=O)O)c2)cc1. The molecule has 2 N–H and O–H groups in total. The number of ether oxygens (including phenoxy) is 1. The lowest BCUT2D eigenvalue weighted by atomic mass is 10.1. The van der Waals surface area contributed by atoms with Crippen LogP contribution in [0.5, 0.6) is 0 Å². The largest absolute Gasteiger partial charge is 0.478 e. The standard InChI is InChI=1S/C15H14N2O4/c1-21-9-10-2-4-11(5-3-10)14(18)17-13-6-12(15(19)20)7-16-8-13/h2-8H,9H2,1H3,(H,17,18)(H,19,20). The van der Waals surface area contributed by atoms with E-state index in [-0.39, 0.29) is 11.5 Å². The van der Waals surface area contributed by atoms with E-state index in [1.165, 1.54) is 18.5 Å². The van der Waals surface area contributed by atoms with Gasteiger partial charge in [0.25, 0.3) is 5.91 Å². The summed E-state index contributed by atoms with van der Waals surface area (Å²) < 4.78 is 5.00. The zero-order valence-corrected chi connectivity index (χ0v) is 11.4. The molecule has 1 aromatic carbocycles. The van der Waals surface area contributed by atoms with Crippen molar-refractivity contribution in [3.8, 4) is 0 Å². The minimum absolute atomic E-state index is 0.0169. The van der Waals surface area contributed by atoms with Crippen molar-refractivity contribution in [1.82, 2.24) is 4.98 Å². The molecular formula is C15H14N2O4. The Bertz CT molecular complexity index is 653. The number of anilines is 1. The van der Waals surface area contributed by atoms with Crippen molar-refractivity contribution >= 4 is 17.6 Å². The summed E-state index contributed by atoms with van der Waals surface area (Å²) in [4.78, 5) is 26.7. The van der Waals surface area contributed by atoms with Gasteiger partial charge in [-0.2, -0.15) is 0 Å². The van der Waals surface area contributed by atoms with Crippen LogP contribution in [0.3, 0.4) is 0 Å². The van der Waals surface area contributed by atoms with Gasteiger partial charge in [0.1, 0.15) is 0 Å². The predicted molar refractivity (Wildman–Crippen MR) is 76.3 cm³/mol. The highest BCUT2D eigenvalue weighted by Gasteiger charge is 2.09. The van der Waals surface area contributed by atoms with E-state index < -0.39 is 5.97 Å². The molecule has 6 heteroatoms. The molecule has 0 fully saturated rings. The lowest BCUT2D eigenvalue weighted by molar-refractivity contribution is 0.0696. The third kappa shape index (κ3) is 3.87. The highest BCUT2D eigenvalue weighted by molar-refractivity contribution is 6.04. The van der Waals surface area contributed by atoms with Crippen LogP contribution in [-0.2, 0) is 11.3 Å². The number of carboxylic acid groups (broad SMARTS) is 1. The summed E-state index contributed by atoms with van der Waals surface area (Å²) in [5, 5.41) is 11.5.